The molecular formula is C12H15N3O. The monoisotopic (exact) mass is 217 g/mol. The predicted molar refractivity (Wildman–Crippen MR) is 62.4 cm³/mol. The average molecular weight is 217 g/mol. The van der Waals surface area contributed by atoms with Crippen LogP contribution in [0.4, 0.5) is 0 Å². The largest absolute Gasteiger partial charge is 0.318 e. The predicted octanol–water partition coefficient (Wildman–Crippen LogP) is 1.13. The van der Waals surface area contributed by atoms with Crippen LogP contribution in [-0.4, -0.2) is 14.3 Å². The zero-order valence-electron chi connectivity index (χ0n) is 9.55. The van der Waals surface area contributed by atoms with Gasteiger partial charge in [-0.25, -0.2) is 0 Å². The average Bonchev–Trinajstić information content (AvgIpc) is 2.66. The number of aromatic nitrogens is 3. The topological polar surface area (TPSA) is 39.8 Å². The summed E-state index contributed by atoms with van der Waals surface area (Å²) < 4.78 is 3.52. The highest BCUT2D eigenvalue weighted by Crippen LogP contribution is 2.00. The normalized spacial score (nSPS) is 10.6. The Hall–Kier alpha value is -1.84. The van der Waals surface area contributed by atoms with Gasteiger partial charge >= 0.3 is 0 Å². The van der Waals surface area contributed by atoms with Crippen molar-refractivity contribution in [3.63, 3.8) is 0 Å². The molecule has 84 valence electrons. The van der Waals surface area contributed by atoms with Gasteiger partial charge in [0.1, 0.15) is 0 Å². The Morgan fingerprint density at radius 2 is 2.12 bits per heavy atom. The molecule has 4 heteroatoms. The van der Waals surface area contributed by atoms with Gasteiger partial charge in [0.2, 0.25) is 5.56 Å². The molecule has 0 amide bonds. The van der Waals surface area contributed by atoms with Crippen LogP contribution < -0.4 is 5.56 Å². The Bertz CT molecular complexity index is 539. The van der Waals surface area contributed by atoms with E-state index in [9.17, 15) is 4.79 Å². The van der Waals surface area contributed by atoms with Crippen molar-refractivity contribution >= 4 is 0 Å². The molecule has 2 aromatic heterocycles. The van der Waals surface area contributed by atoms with Gasteiger partial charge in [-0.2, -0.15) is 5.10 Å². The van der Waals surface area contributed by atoms with Crippen LogP contribution in [0.15, 0.2) is 35.5 Å². The number of rotatable bonds is 3. The van der Waals surface area contributed by atoms with E-state index in [2.05, 4.69) is 5.10 Å². The number of hydrogen-bond donors (Lipinski definition) is 0. The molecule has 4 nitrogen and oxygen atoms in total. The first-order valence-corrected chi connectivity index (χ1v) is 5.30. The van der Waals surface area contributed by atoms with Crippen LogP contribution in [0.25, 0.3) is 0 Å². The van der Waals surface area contributed by atoms with E-state index in [0.717, 1.165) is 18.5 Å². The van der Waals surface area contributed by atoms with Crippen molar-refractivity contribution in [2.45, 2.75) is 19.9 Å². The van der Waals surface area contributed by atoms with Crippen LogP contribution in [0.2, 0.25) is 0 Å². The Morgan fingerprint density at radius 3 is 2.75 bits per heavy atom. The van der Waals surface area contributed by atoms with Crippen LogP contribution >= 0.6 is 0 Å². The van der Waals surface area contributed by atoms with Crippen molar-refractivity contribution in [3.05, 3.63) is 52.2 Å². The summed E-state index contributed by atoms with van der Waals surface area (Å²) in [5, 5.41) is 4.22. The van der Waals surface area contributed by atoms with Gasteiger partial charge in [0.05, 0.1) is 6.20 Å². The number of hydrogen-bond acceptors (Lipinski definition) is 2. The summed E-state index contributed by atoms with van der Waals surface area (Å²) in [5.74, 6) is 0. The maximum atomic E-state index is 11.2. The van der Waals surface area contributed by atoms with Crippen molar-refractivity contribution in [3.8, 4) is 0 Å². The second-order valence-corrected chi connectivity index (χ2v) is 4.02. The summed E-state index contributed by atoms with van der Waals surface area (Å²) in [6.45, 7) is 2.86. The Labute approximate surface area is 94.1 Å². The van der Waals surface area contributed by atoms with Gasteiger partial charge in [0, 0.05) is 32.1 Å². The maximum Gasteiger partial charge on any atom is 0.250 e. The Kier molecular flexibility index (Phi) is 2.90. The fourth-order valence-electron chi connectivity index (χ4n) is 1.63. The molecule has 0 atom stereocenters. The first-order chi connectivity index (χ1) is 7.65. The van der Waals surface area contributed by atoms with Gasteiger partial charge in [0.15, 0.2) is 0 Å². The standard InChI is InChI=1S/C12H15N3O/c1-10-7-13-15(8-10)6-5-11-3-4-12(16)14(2)9-11/h3-4,7-9H,5-6H2,1-2H3. The summed E-state index contributed by atoms with van der Waals surface area (Å²) >= 11 is 0. The summed E-state index contributed by atoms with van der Waals surface area (Å²) in [4.78, 5) is 11.2. The zero-order valence-corrected chi connectivity index (χ0v) is 9.55. The van der Waals surface area contributed by atoms with Crippen LogP contribution in [0.5, 0.6) is 0 Å². The fourth-order valence-corrected chi connectivity index (χ4v) is 1.63. The molecule has 0 saturated heterocycles. The molecule has 0 spiro atoms. The molecule has 0 unspecified atom stereocenters. The lowest BCUT2D eigenvalue weighted by Gasteiger charge is -2.03. The van der Waals surface area contributed by atoms with Crippen molar-refractivity contribution < 1.29 is 0 Å². The van der Waals surface area contributed by atoms with Gasteiger partial charge < -0.3 is 4.57 Å². The van der Waals surface area contributed by atoms with Crippen LogP contribution in [0.3, 0.4) is 0 Å². The van der Waals surface area contributed by atoms with Crippen LogP contribution in [0.1, 0.15) is 11.1 Å². The molecule has 0 aliphatic heterocycles. The van der Waals surface area contributed by atoms with E-state index in [0.29, 0.717) is 0 Å². The van der Waals surface area contributed by atoms with E-state index in [1.165, 1.54) is 5.56 Å². The highest BCUT2D eigenvalue weighted by Gasteiger charge is 1.98. The molecule has 0 N–H and O–H groups in total. The molecule has 2 aromatic rings. The lowest BCUT2D eigenvalue weighted by molar-refractivity contribution is 0.611. The third-order valence-corrected chi connectivity index (χ3v) is 2.54. The maximum absolute atomic E-state index is 11.2. The number of aryl methyl sites for hydroxylation is 4. The first-order valence-electron chi connectivity index (χ1n) is 5.30. The van der Waals surface area contributed by atoms with Gasteiger partial charge in [-0.05, 0) is 24.5 Å². The minimum Gasteiger partial charge on any atom is -0.318 e. The molecule has 0 radical (unpaired) electrons. The van der Waals surface area contributed by atoms with Crippen molar-refractivity contribution in [1.29, 1.82) is 0 Å². The molecule has 2 heterocycles. The summed E-state index contributed by atoms with van der Waals surface area (Å²) in [6.07, 6.45) is 6.62. The molecule has 0 fully saturated rings. The van der Waals surface area contributed by atoms with E-state index in [4.69, 9.17) is 0 Å². The first kappa shape index (κ1) is 10.7. The zero-order chi connectivity index (χ0) is 11.5. The lowest BCUT2D eigenvalue weighted by atomic mass is 10.2. The molecule has 16 heavy (non-hydrogen) atoms. The molecule has 0 saturated carbocycles. The van der Waals surface area contributed by atoms with Crippen molar-refractivity contribution in [2.24, 2.45) is 7.05 Å². The molecule has 2 rings (SSSR count). The fraction of sp³-hybridized carbons (Fsp3) is 0.333. The number of nitrogens with zero attached hydrogens (tertiary/aromatic N) is 3. The lowest BCUT2D eigenvalue weighted by Crippen LogP contribution is -2.15. The van der Waals surface area contributed by atoms with Gasteiger partial charge in [-0.15, -0.1) is 0 Å². The highest BCUT2D eigenvalue weighted by molar-refractivity contribution is 5.10. The van der Waals surface area contributed by atoms with Gasteiger partial charge in [-0.3, -0.25) is 9.48 Å². The molecule has 0 aliphatic rings. The smallest absolute Gasteiger partial charge is 0.250 e. The minimum atomic E-state index is 0.0266. The SMILES string of the molecule is Cc1cnn(CCc2ccc(=O)n(C)c2)c1. The minimum absolute atomic E-state index is 0.0266. The number of pyridine rings is 1. The second-order valence-electron chi connectivity index (χ2n) is 4.02. The Balaban J connectivity index is 2.05. The molecule has 0 bridgehead atoms. The van der Waals surface area contributed by atoms with Crippen molar-refractivity contribution in [2.75, 3.05) is 0 Å². The van der Waals surface area contributed by atoms with Crippen molar-refractivity contribution in [1.82, 2.24) is 14.3 Å². The summed E-state index contributed by atoms with van der Waals surface area (Å²) in [6, 6.07) is 3.47. The van der Waals surface area contributed by atoms with E-state index in [-0.39, 0.29) is 5.56 Å². The van der Waals surface area contributed by atoms with E-state index in [1.807, 2.05) is 36.3 Å². The second kappa shape index (κ2) is 4.35. The molecular weight excluding hydrogens is 202 g/mol. The quantitative estimate of drug-likeness (QED) is 0.773. The molecule has 0 aromatic carbocycles. The van der Waals surface area contributed by atoms with Gasteiger partial charge in [-0.1, -0.05) is 6.07 Å². The van der Waals surface area contributed by atoms with E-state index in [1.54, 1.807) is 17.7 Å². The Morgan fingerprint density at radius 1 is 1.31 bits per heavy atom. The summed E-state index contributed by atoms with van der Waals surface area (Å²) in [7, 11) is 1.77. The van der Waals surface area contributed by atoms with Crippen LogP contribution in [0, 0.1) is 6.92 Å². The third kappa shape index (κ3) is 2.39. The van der Waals surface area contributed by atoms with E-state index >= 15 is 0 Å². The van der Waals surface area contributed by atoms with Gasteiger partial charge in [0.25, 0.3) is 0 Å². The van der Waals surface area contributed by atoms with Crippen LogP contribution in [-0.2, 0) is 20.0 Å². The third-order valence-electron chi connectivity index (χ3n) is 2.54. The summed E-state index contributed by atoms with van der Waals surface area (Å²) in [5.41, 5.74) is 2.34. The highest BCUT2D eigenvalue weighted by atomic mass is 16.1. The molecule has 0 aliphatic carbocycles. The van der Waals surface area contributed by atoms with E-state index < -0.39 is 0 Å².